The van der Waals surface area contributed by atoms with Gasteiger partial charge in [-0.3, -0.25) is 4.90 Å². The number of nitrogens with zero attached hydrogens (tertiary/aromatic N) is 1. The predicted octanol–water partition coefficient (Wildman–Crippen LogP) is 1.58. The van der Waals surface area contributed by atoms with E-state index in [1.165, 1.54) is 0 Å². The first kappa shape index (κ1) is 14.7. The van der Waals surface area contributed by atoms with Crippen LogP contribution in [0.1, 0.15) is 27.7 Å². The Labute approximate surface area is 95.2 Å². The molecule has 0 fully saturated rings. The highest BCUT2D eigenvalue weighted by molar-refractivity contribution is 9.09. The minimum atomic E-state index is 0. The number of hydrogen-bond donors (Lipinski definition) is 0. The van der Waals surface area contributed by atoms with E-state index in [4.69, 9.17) is 0 Å². The van der Waals surface area contributed by atoms with E-state index in [1.54, 1.807) is 0 Å². The average molecular weight is 234 g/mol. The molecule has 0 aromatic heterocycles. The molecule has 11 heavy (non-hydrogen) atoms. The summed E-state index contributed by atoms with van der Waals surface area (Å²) in [7, 11) is 0. The Hall–Kier alpha value is 1.21. The molecular formula is C8H20BrMgN. The van der Waals surface area contributed by atoms with Gasteiger partial charge in [-0.05, 0) is 27.7 Å². The molecule has 0 aliphatic carbocycles. The maximum Gasteiger partial charge on any atom is 0.316 e. The number of halogens is 1. The molecule has 0 aromatic carbocycles. The molecule has 0 atom stereocenters. The summed E-state index contributed by atoms with van der Waals surface area (Å²) in [6.07, 6.45) is 0. The van der Waals surface area contributed by atoms with Gasteiger partial charge in [-0.2, -0.15) is 0 Å². The van der Waals surface area contributed by atoms with Gasteiger partial charge in [0.25, 0.3) is 0 Å². The number of alkyl halides is 1. The summed E-state index contributed by atoms with van der Waals surface area (Å²) in [6.45, 7) is 10.1. The van der Waals surface area contributed by atoms with Crippen LogP contribution in [0.2, 0.25) is 0 Å². The van der Waals surface area contributed by atoms with E-state index in [1.807, 2.05) is 0 Å². The molecule has 66 valence electrons. The lowest BCUT2D eigenvalue weighted by Crippen LogP contribution is -2.38. The molecule has 0 unspecified atom stereocenters. The van der Waals surface area contributed by atoms with Crippen LogP contribution in [0.4, 0.5) is 0 Å². The van der Waals surface area contributed by atoms with Crippen LogP contribution in [0.25, 0.3) is 0 Å². The van der Waals surface area contributed by atoms with Crippen molar-refractivity contribution < 1.29 is 0 Å². The second-order valence-electron chi connectivity index (χ2n) is 3.11. The molecule has 0 saturated heterocycles. The van der Waals surface area contributed by atoms with Crippen molar-refractivity contribution in [3.8, 4) is 0 Å². The summed E-state index contributed by atoms with van der Waals surface area (Å²) in [6, 6.07) is 1.33. The highest BCUT2D eigenvalue weighted by atomic mass is 79.9. The molecule has 0 aromatic rings. The van der Waals surface area contributed by atoms with Crippen molar-refractivity contribution in [2.45, 2.75) is 39.8 Å². The minimum absolute atomic E-state index is 0. The Morgan fingerprint density at radius 1 is 1.09 bits per heavy atom. The van der Waals surface area contributed by atoms with E-state index in [0.717, 1.165) is 11.9 Å². The fourth-order valence-corrected chi connectivity index (χ4v) is 1.62. The largest absolute Gasteiger partial charge is 0.316 e. The fraction of sp³-hybridized carbons (Fsp3) is 1.00. The van der Waals surface area contributed by atoms with Gasteiger partial charge in [0.1, 0.15) is 0 Å². The van der Waals surface area contributed by atoms with Crippen LogP contribution >= 0.6 is 15.9 Å². The normalized spacial score (nSPS) is 10.9. The van der Waals surface area contributed by atoms with Crippen molar-refractivity contribution >= 4 is 39.0 Å². The minimum Gasteiger partial charge on any atom is -0.298 e. The monoisotopic (exact) mass is 233 g/mol. The first-order chi connectivity index (χ1) is 4.59. The van der Waals surface area contributed by atoms with Crippen LogP contribution in [0.15, 0.2) is 0 Å². The summed E-state index contributed by atoms with van der Waals surface area (Å²) in [4.78, 5) is 2.47. The second-order valence-corrected chi connectivity index (χ2v) is 3.91. The third-order valence-electron chi connectivity index (χ3n) is 1.67. The van der Waals surface area contributed by atoms with Gasteiger partial charge in [-0.15, -0.1) is 0 Å². The molecule has 0 aliphatic rings. The molecule has 0 bridgehead atoms. The van der Waals surface area contributed by atoms with E-state index in [-0.39, 0.29) is 23.1 Å². The van der Waals surface area contributed by atoms with Crippen molar-refractivity contribution in [2.24, 2.45) is 0 Å². The summed E-state index contributed by atoms with van der Waals surface area (Å²) in [5, 5.41) is 1.07. The van der Waals surface area contributed by atoms with E-state index in [2.05, 4.69) is 48.5 Å². The fourth-order valence-electron chi connectivity index (χ4n) is 1.21. The van der Waals surface area contributed by atoms with Crippen molar-refractivity contribution in [1.82, 2.24) is 4.90 Å². The zero-order valence-electron chi connectivity index (χ0n) is 7.39. The molecule has 0 N–H and O–H groups in total. The molecule has 0 aliphatic heterocycles. The van der Waals surface area contributed by atoms with Crippen LogP contribution in [0.3, 0.4) is 0 Å². The third kappa shape index (κ3) is 6.37. The molecule has 3 heteroatoms. The lowest BCUT2D eigenvalue weighted by atomic mass is 10.2. The summed E-state index contributed by atoms with van der Waals surface area (Å²) in [5.41, 5.74) is 0. The summed E-state index contributed by atoms with van der Waals surface area (Å²) >= 11 is 3.44. The molecule has 0 rings (SSSR count). The quantitative estimate of drug-likeness (QED) is 0.527. The summed E-state index contributed by atoms with van der Waals surface area (Å²) < 4.78 is 0. The number of rotatable bonds is 4. The second kappa shape index (κ2) is 7.83. The Balaban J connectivity index is 0. The SMILES string of the molecule is CC(C)N(CCBr)C(C)C.[MgH2]. The molecule has 1 nitrogen and oxygen atoms in total. The van der Waals surface area contributed by atoms with Crippen LogP contribution in [-0.2, 0) is 0 Å². The first-order valence-corrected chi connectivity index (χ1v) is 5.03. The lowest BCUT2D eigenvalue weighted by Gasteiger charge is -2.29. The van der Waals surface area contributed by atoms with Crippen molar-refractivity contribution in [3.05, 3.63) is 0 Å². The van der Waals surface area contributed by atoms with Gasteiger partial charge in [-0.1, -0.05) is 15.9 Å². The molecule has 0 amide bonds. The van der Waals surface area contributed by atoms with Gasteiger partial charge in [0.15, 0.2) is 0 Å². The Kier molecular flexibility index (Phi) is 10.5. The zero-order valence-corrected chi connectivity index (χ0v) is 8.98. The zero-order chi connectivity index (χ0) is 8.15. The van der Waals surface area contributed by atoms with Crippen LogP contribution in [0.5, 0.6) is 0 Å². The average Bonchev–Trinajstić information content (AvgIpc) is 1.81. The van der Waals surface area contributed by atoms with Gasteiger partial charge >= 0.3 is 23.1 Å². The molecule has 0 spiro atoms. The van der Waals surface area contributed by atoms with Gasteiger partial charge in [0, 0.05) is 24.0 Å². The maximum atomic E-state index is 3.44. The standard InChI is InChI=1S/C8H18BrN.Mg.2H/c1-7(2)10(6-5-9)8(3)4;;;/h7-8H,5-6H2,1-4H3;;;. The van der Waals surface area contributed by atoms with E-state index < -0.39 is 0 Å². The molecular weight excluding hydrogens is 214 g/mol. The molecule has 0 saturated carbocycles. The van der Waals surface area contributed by atoms with Crippen LogP contribution in [0, 0.1) is 0 Å². The Morgan fingerprint density at radius 2 is 1.45 bits per heavy atom. The molecule has 0 heterocycles. The Morgan fingerprint density at radius 3 is 1.55 bits per heavy atom. The van der Waals surface area contributed by atoms with Gasteiger partial charge in [0.2, 0.25) is 0 Å². The first-order valence-electron chi connectivity index (χ1n) is 3.91. The van der Waals surface area contributed by atoms with Crippen molar-refractivity contribution in [3.63, 3.8) is 0 Å². The Bertz CT molecular complexity index is 78.2. The van der Waals surface area contributed by atoms with Gasteiger partial charge in [-0.25, -0.2) is 0 Å². The van der Waals surface area contributed by atoms with Crippen LogP contribution in [-0.4, -0.2) is 51.9 Å². The van der Waals surface area contributed by atoms with E-state index in [9.17, 15) is 0 Å². The van der Waals surface area contributed by atoms with Gasteiger partial charge < -0.3 is 0 Å². The van der Waals surface area contributed by atoms with E-state index in [0.29, 0.717) is 12.1 Å². The molecule has 0 radical (unpaired) electrons. The lowest BCUT2D eigenvalue weighted by molar-refractivity contribution is 0.188. The van der Waals surface area contributed by atoms with Gasteiger partial charge in [0.05, 0.1) is 0 Å². The predicted molar refractivity (Wildman–Crippen MR) is 59.3 cm³/mol. The number of hydrogen-bond acceptors (Lipinski definition) is 1. The van der Waals surface area contributed by atoms with Crippen molar-refractivity contribution in [1.29, 1.82) is 0 Å². The topological polar surface area (TPSA) is 3.24 Å². The third-order valence-corrected chi connectivity index (χ3v) is 2.02. The van der Waals surface area contributed by atoms with Crippen molar-refractivity contribution in [2.75, 3.05) is 11.9 Å². The van der Waals surface area contributed by atoms with E-state index >= 15 is 0 Å². The summed E-state index contributed by atoms with van der Waals surface area (Å²) in [5.74, 6) is 0. The highest BCUT2D eigenvalue weighted by Crippen LogP contribution is 2.04. The van der Waals surface area contributed by atoms with Crippen LogP contribution < -0.4 is 0 Å². The maximum absolute atomic E-state index is 3.44. The highest BCUT2D eigenvalue weighted by Gasteiger charge is 2.10. The smallest absolute Gasteiger partial charge is 0.298 e.